The van der Waals surface area contributed by atoms with E-state index in [1.807, 2.05) is 26.8 Å². The molecule has 0 spiro atoms. The summed E-state index contributed by atoms with van der Waals surface area (Å²) in [5.74, 6) is -0.900. The summed E-state index contributed by atoms with van der Waals surface area (Å²) in [6, 6.07) is 2.01. The number of fused-ring (bicyclic) bond motifs is 1. The summed E-state index contributed by atoms with van der Waals surface area (Å²) >= 11 is 0. The molecule has 2 N–H and O–H groups in total. The normalized spacial score (nSPS) is 11.0. The first kappa shape index (κ1) is 10.7. The Labute approximate surface area is 94.1 Å². The minimum absolute atomic E-state index is 0.295. The predicted molar refractivity (Wildman–Crippen MR) is 64.2 cm³/mol. The maximum atomic E-state index is 11.0. The fourth-order valence-electron chi connectivity index (χ4n) is 2.23. The fourth-order valence-corrected chi connectivity index (χ4v) is 2.23. The van der Waals surface area contributed by atoms with Gasteiger partial charge in [-0.2, -0.15) is 0 Å². The number of benzene rings is 1. The molecule has 0 saturated carbocycles. The molecule has 84 valence electrons. The second-order valence-corrected chi connectivity index (χ2v) is 4.30. The molecule has 2 aromatic rings. The second kappa shape index (κ2) is 3.37. The van der Waals surface area contributed by atoms with Gasteiger partial charge in [0.25, 0.3) is 0 Å². The molecule has 2 rings (SSSR count). The van der Waals surface area contributed by atoms with Crippen molar-refractivity contribution in [1.82, 2.24) is 4.98 Å². The lowest BCUT2D eigenvalue weighted by atomic mass is 9.98. The zero-order valence-electron chi connectivity index (χ0n) is 9.93. The third kappa shape index (κ3) is 1.32. The van der Waals surface area contributed by atoms with Gasteiger partial charge in [-0.25, -0.2) is 4.79 Å². The fraction of sp³-hybridized carbons (Fsp3) is 0.308. The molecule has 0 amide bonds. The van der Waals surface area contributed by atoms with Crippen LogP contribution >= 0.6 is 0 Å². The van der Waals surface area contributed by atoms with Gasteiger partial charge in [-0.1, -0.05) is 0 Å². The Morgan fingerprint density at radius 2 is 1.75 bits per heavy atom. The van der Waals surface area contributed by atoms with E-state index in [0.29, 0.717) is 5.69 Å². The van der Waals surface area contributed by atoms with Gasteiger partial charge in [-0.05, 0) is 56.0 Å². The first-order chi connectivity index (χ1) is 7.43. The van der Waals surface area contributed by atoms with Gasteiger partial charge in [-0.15, -0.1) is 0 Å². The molecule has 0 atom stereocenters. The standard InChI is InChI=1S/C13H15NO2/c1-6-5-10-11(8(3)7(6)2)9(4)12(14-10)13(15)16/h5,14H,1-4H3,(H,15,16). The summed E-state index contributed by atoms with van der Waals surface area (Å²) in [6.45, 7) is 8.00. The Morgan fingerprint density at radius 1 is 1.12 bits per heavy atom. The molecule has 3 heteroatoms. The smallest absolute Gasteiger partial charge is 0.352 e. The van der Waals surface area contributed by atoms with E-state index in [-0.39, 0.29) is 0 Å². The topological polar surface area (TPSA) is 53.1 Å². The number of rotatable bonds is 1. The zero-order chi connectivity index (χ0) is 12.0. The molecule has 0 unspecified atom stereocenters. The number of carbonyl (C=O) groups is 1. The van der Waals surface area contributed by atoms with Gasteiger partial charge in [0.1, 0.15) is 5.69 Å². The summed E-state index contributed by atoms with van der Waals surface area (Å²) in [7, 11) is 0. The van der Waals surface area contributed by atoms with Crippen LogP contribution in [0.15, 0.2) is 6.07 Å². The van der Waals surface area contributed by atoms with Crippen molar-refractivity contribution < 1.29 is 9.90 Å². The van der Waals surface area contributed by atoms with Crippen molar-refractivity contribution in [3.63, 3.8) is 0 Å². The van der Waals surface area contributed by atoms with Crippen molar-refractivity contribution >= 4 is 16.9 Å². The Bertz CT molecular complexity index is 594. The number of aryl methyl sites for hydroxylation is 3. The summed E-state index contributed by atoms with van der Waals surface area (Å²) in [5, 5.41) is 10.1. The number of aromatic carboxylic acids is 1. The average molecular weight is 217 g/mol. The minimum Gasteiger partial charge on any atom is -0.477 e. The van der Waals surface area contributed by atoms with Gasteiger partial charge in [0.2, 0.25) is 0 Å². The minimum atomic E-state index is -0.900. The molecule has 3 nitrogen and oxygen atoms in total. The Balaban J connectivity index is 2.93. The average Bonchev–Trinajstić information content (AvgIpc) is 2.52. The second-order valence-electron chi connectivity index (χ2n) is 4.30. The van der Waals surface area contributed by atoms with E-state index in [0.717, 1.165) is 22.0 Å². The van der Waals surface area contributed by atoms with Crippen LogP contribution in [-0.2, 0) is 0 Å². The highest BCUT2D eigenvalue weighted by Crippen LogP contribution is 2.29. The molecular weight excluding hydrogens is 202 g/mol. The van der Waals surface area contributed by atoms with Crippen molar-refractivity contribution in [2.45, 2.75) is 27.7 Å². The van der Waals surface area contributed by atoms with E-state index in [4.69, 9.17) is 5.11 Å². The number of carboxylic acid groups (broad SMARTS) is 1. The molecule has 0 aliphatic rings. The number of hydrogen-bond donors (Lipinski definition) is 2. The van der Waals surface area contributed by atoms with Crippen LogP contribution in [0.25, 0.3) is 10.9 Å². The van der Waals surface area contributed by atoms with Crippen LogP contribution in [-0.4, -0.2) is 16.1 Å². The van der Waals surface area contributed by atoms with Crippen molar-refractivity contribution in [2.75, 3.05) is 0 Å². The number of H-pyrrole nitrogens is 1. The Kier molecular flexibility index (Phi) is 2.26. The molecule has 0 aliphatic carbocycles. The molecule has 0 saturated heterocycles. The molecule has 1 aromatic carbocycles. The van der Waals surface area contributed by atoms with Crippen LogP contribution in [0.3, 0.4) is 0 Å². The van der Waals surface area contributed by atoms with Crippen LogP contribution < -0.4 is 0 Å². The largest absolute Gasteiger partial charge is 0.477 e. The lowest BCUT2D eigenvalue weighted by Crippen LogP contribution is -1.98. The Hall–Kier alpha value is -1.77. The van der Waals surface area contributed by atoms with Crippen molar-refractivity contribution in [2.24, 2.45) is 0 Å². The van der Waals surface area contributed by atoms with E-state index in [1.54, 1.807) is 0 Å². The van der Waals surface area contributed by atoms with E-state index in [1.165, 1.54) is 11.1 Å². The maximum absolute atomic E-state index is 11.0. The number of hydrogen-bond acceptors (Lipinski definition) is 1. The predicted octanol–water partition coefficient (Wildman–Crippen LogP) is 3.10. The first-order valence-electron chi connectivity index (χ1n) is 5.26. The molecule has 1 aromatic heterocycles. The molecule has 0 bridgehead atoms. The summed E-state index contributed by atoms with van der Waals surface area (Å²) in [5.41, 5.74) is 5.60. The molecule has 0 aliphatic heterocycles. The maximum Gasteiger partial charge on any atom is 0.352 e. The van der Waals surface area contributed by atoms with Crippen LogP contribution in [0.4, 0.5) is 0 Å². The van der Waals surface area contributed by atoms with Crippen LogP contribution in [0.2, 0.25) is 0 Å². The lowest BCUT2D eigenvalue weighted by molar-refractivity contribution is 0.0691. The van der Waals surface area contributed by atoms with Gasteiger partial charge in [0.15, 0.2) is 0 Å². The van der Waals surface area contributed by atoms with Crippen LogP contribution in [0.1, 0.15) is 32.7 Å². The summed E-state index contributed by atoms with van der Waals surface area (Å²) in [6.07, 6.45) is 0. The van der Waals surface area contributed by atoms with Crippen LogP contribution in [0.5, 0.6) is 0 Å². The highest BCUT2D eigenvalue weighted by Gasteiger charge is 2.16. The van der Waals surface area contributed by atoms with Gasteiger partial charge in [0, 0.05) is 10.9 Å². The number of nitrogens with one attached hydrogen (secondary N) is 1. The van der Waals surface area contributed by atoms with Gasteiger partial charge >= 0.3 is 5.97 Å². The quantitative estimate of drug-likeness (QED) is 0.771. The molecular formula is C13H15NO2. The lowest BCUT2D eigenvalue weighted by Gasteiger charge is -2.06. The van der Waals surface area contributed by atoms with E-state index in [9.17, 15) is 4.79 Å². The van der Waals surface area contributed by atoms with Crippen LogP contribution in [0, 0.1) is 27.7 Å². The van der Waals surface area contributed by atoms with Gasteiger partial charge < -0.3 is 10.1 Å². The summed E-state index contributed by atoms with van der Waals surface area (Å²) < 4.78 is 0. The molecule has 16 heavy (non-hydrogen) atoms. The Morgan fingerprint density at radius 3 is 2.31 bits per heavy atom. The van der Waals surface area contributed by atoms with Crippen molar-refractivity contribution in [3.05, 3.63) is 34.0 Å². The van der Waals surface area contributed by atoms with Gasteiger partial charge in [0.05, 0.1) is 0 Å². The SMILES string of the molecule is Cc1cc2[nH]c(C(=O)O)c(C)c2c(C)c1C. The number of aromatic nitrogens is 1. The third-order valence-electron chi connectivity index (χ3n) is 3.38. The molecule has 0 radical (unpaired) electrons. The summed E-state index contributed by atoms with van der Waals surface area (Å²) in [4.78, 5) is 14.0. The first-order valence-corrected chi connectivity index (χ1v) is 5.26. The van der Waals surface area contributed by atoms with Crippen molar-refractivity contribution in [1.29, 1.82) is 0 Å². The molecule has 0 fully saturated rings. The van der Waals surface area contributed by atoms with Crippen molar-refractivity contribution in [3.8, 4) is 0 Å². The monoisotopic (exact) mass is 217 g/mol. The van der Waals surface area contributed by atoms with Gasteiger partial charge in [-0.3, -0.25) is 0 Å². The number of aromatic amines is 1. The highest BCUT2D eigenvalue weighted by atomic mass is 16.4. The number of carboxylic acids is 1. The van der Waals surface area contributed by atoms with E-state index >= 15 is 0 Å². The highest BCUT2D eigenvalue weighted by molar-refractivity contribution is 5.99. The van der Waals surface area contributed by atoms with E-state index < -0.39 is 5.97 Å². The zero-order valence-corrected chi connectivity index (χ0v) is 9.93. The third-order valence-corrected chi connectivity index (χ3v) is 3.38. The molecule has 1 heterocycles. The van der Waals surface area contributed by atoms with E-state index in [2.05, 4.69) is 11.9 Å².